The second kappa shape index (κ2) is 12.3. The lowest BCUT2D eigenvalue weighted by molar-refractivity contribution is -0.118. The van der Waals surface area contributed by atoms with Gasteiger partial charge in [0.1, 0.15) is 11.9 Å². The van der Waals surface area contributed by atoms with E-state index < -0.39 is 17.8 Å². The van der Waals surface area contributed by atoms with E-state index in [0.717, 1.165) is 12.8 Å². The van der Waals surface area contributed by atoms with Gasteiger partial charge in [-0.15, -0.1) is 0 Å². The summed E-state index contributed by atoms with van der Waals surface area (Å²) in [5, 5.41) is 6.31. The summed E-state index contributed by atoms with van der Waals surface area (Å²) in [5.41, 5.74) is 0.622. The van der Waals surface area contributed by atoms with Crippen LogP contribution in [-0.4, -0.2) is 48.7 Å². The van der Waals surface area contributed by atoms with Gasteiger partial charge in [0, 0.05) is 30.4 Å². The van der Waals surface area contributed by atoms with Crippen LogP contribution in [0.3, 0.4) is 0 Å². The van der Waals surface area contributed by atoms with E-state index in [9.17, 15) is 14.0 Å². The minimum Gasteiger partial charge on any atom is -0.494 e. The Bertz CT molecular complexity index is 1010. The predicted octanol–water partition coefficient (Wildman–Crippen LogP) is 4.18. The van der Waals surface area contributed by atoms with Gasteiger partial charge in [-0.3, -0.25) is 14.3 Å². The highest BCUT2D eigenvalue weighted by Crippen LogP contribution is 2.29. The first-order chi connectivity index (χ1) is 16.6. The topological polar surface area (TPSA) is 102 Å². The van der Waals surface area contributed by atoms with Gasteiger partial charge in [-0.25, -0.2) is 9.37 Å². The van der Waals surface area contributed by atoms with Crippen LogP contribution in [0.4, 0.5) is 10.1 Å². The number of hydrogen-bond acceptors (Lipinski definition) is 7. The van der Waals surface area contributed by atoms with E-state index in [1.807, 2.05) is 20.8 Å². The number of halogens is 1. The average Bonchev–Trinajstić information content (AvgIpc) is 2.83. The van der Waals surface area contributed by atoms with Crippen LogP contribution in [-0.2, 0) is 9.53 Å². The molecule has 2 heterocycles. The highest BCUT2D eigenvalue weighted by molar-refractivity contribution is 7.97. The SMILES string of the molecule is COc1cc(NC(=O)C(CC2CCOCC2)NC(=O)c2ccc(F)cc2)cnc1SNC(C)(C)C. The summed E-state index contributed by atoms with van der Waals surface area (Å²) in [5.74, 6) is -0.473. The highest BCUT2D eigenvalue weighted by atomic mass is 32.2. The minimum absolute atomic E-state index is 0.121. The average molecular weight is 505 g/mol. The number of aromatic nitrogens is 1. The Morgan fingerprint density at radius 1 is 1.23 bits per heavy atom. The van der Waals surface area contributed by atoms with Crippen LogP contribution < -0.4 is 20.1 Å². The minimum atomic E-state index is -0.779. The summed E-state index contributed by atoms with van der Waals surface area (Å²) in [4.78, 5) is 30.4. The van der Waals surface area contributed by atoms with Crippen LogP contribution in [0, 0.1) is 11.7 Å². The Kier molecular flexibility index (Phi) is 9.47. The molecule has 2 amide bonds. The molecule has 1 atom stereocenters. The maximum Gasteiger partial charge on any atom is 0.251 e. The molecular formula is C25H33FN4O4S. The zero-order valence-electron chi connectivity index (χ0n) is 20.5. The van der Waals surface area contributed by atoms with E-state index in [2.05, 4.69) is 20.3 Å². The van der Waals surface area contributed by atoms with E-state index >= 15 is 0 Å². The fourth-order valence-electron chi connectivity index (χ4n) is 3.54. The van der Waals surface area contributed by atoms with Crippen molar-refractivity contribution >= 4 is 29.4 Å². The van der Waals surface area contributed by atoms with E-state index in [-0.39, 0.29) is 22.9 Å². The summed E-state index contributed by atoms with van der Waals surface area (Å²) >= 11 is 1.35. The summed E-state index contributed by atoms with van der Waals surface area (Å²) in [6.45, 7) is 7.39. The van der Waals surface area contributed by atoms with Crippen LogP contribution in [0.2, 0.25) is 0 Å². The number of amides is 2. The maximum atomic E-state index is 13.3. The first-order valence-corrected chi connectivity index (χ1v) is 12.4. The second-order valence-corrected chi connectivity index (χ2v) is 10.3. The molecule has 1 saturated heterocycles. The van der Waals surface area contributed by atoms with Gasteiger partial charge in [-0.1, -0.05) is 0 Å². The van der Waals surface area contributed by atoms with Gasteiger partial charge >= 0.3 is 0 Å². The first kappa shape index (κ1) is 26.9. The molecule has 10 heteroatoms. The van der Waals surface area contributed by atoms with Crippen molar-refractivity contribution < 1.29 is 23.5 Å². The highest BCUT2D eigenvalue weighted by Gasteiger charge is 2.27. The van der Waals surface area contributed by atoms with Crippen molar-refractivity contribution in [3.8, 4) is 5.75 Å². The second-order valence-electron chi connectivity index (χ2n) is 9.50. The molecule has 0 saturated carbocycles. The largest absolute Gasteiger partial charge is 0.494 e. The number of nitrogens with one attached hydrogen (secondary N) is 3. The van der Waals surface area contributed by atoms with E-state index in [0.29, 0.717) is 36.1 Å². The van der Waals surface area contributed by atoms with Crippen molar-refractivity contribution in [3.63, 3.8) is 0 Å². The molecule has 1 aliphatic rings. The van der Waals surface area contributed by atoms with E-state index in [4.69, 9.17) is 9.47 Å². The van der Waals surface area contributed by atoms with Crippen LogP contribution >= 0.6 is 11.9 Å². The first-order valence-electron chi connectivity index (χ1n) is 11.6. The molecule has 0 radical (unpaired) electrons. The molecule has 2 aromatic rings. The summed E-state index contributed by atoms with van der Waals surface area (Å²) < 4.78 is 27.4. The van der Waals surface area contributed by atoms with Gasteiger partial charge in [0.25, 0.3) is 5.91 Å². The third-order valence-corrected chi connectivity index (χ3v) is 6.61. The van der Waals surface area contributed by atoms with Crippen LogP contribution in [0.5, 0.6) is 5.75 Å². The van der Waals surface area contributed by atoms with Gasteiger partial charge < -0.3 is 20.1 Å². The van der Waals surface area contributed by atoms with E-state index in [1.165, 1.54) is 36.2 Å². The Morgan fingerprint density at radius 3 is 2.54 bits per heavy atom. The monoisotopic (exact) mass is 504 g/mol. The molecule has 35 heavy (non-hydrogen) atoms. The molecule has 1 fully saturated rings. The number of pyridine rings is 1. The standard InChI is InChI=1S/C25H33FN4O4S/c1-25(2,3)30-35-24-21(33-4)14-19(15-27-24)28-23(32)20(13-16-9-11-34-12-10-16)29-22(31)17-5-7-18(26)8-6-17/h5-8,14-16,20,30H,9-13H2,1-4H3,(H,28,32)(H,29,31). The number of carbonyl (C=O) groups is 2. The van der Waals surface area contributed by atoms with Gasteiger partial charge in [-0.05, 0) is 82.2 Å². The Balaban J connectivity index is 1.73. The molecule has 1 aromatic heterocycles. The molecule has 190 valence electrons. The number of ether oxygens (including phenoxy) is 2. The summed E-state index contributed by atoms with van der Waals surface area (Å²) in [6.07, 6.45) is 3.66. The van der Waals surface area contributed by atoms with Gasteiger partial charge in [-0.2, -0.15) is 0 Å². The Hall–Kier alpha value is -2.69. The lowest BCUT2D eigenvalue weighted by Gasteiger charge is -2.27. The predicted molar refractivity (Wildman–Crippen MR) is 134 cm³/mol. The molecule has 3 N–H and O–H groups in total. The zero-order chi connectivity index (χ0) is 25.4. The quantitative estimate of drug-likeness (QED) is 0.441. The molecule has 1 aromatic carbocycles. The number of anilines is 1. The Labute approximate surface area is 209 Å². The van der Waals surface area contributed by atoms with Crippen LogP contribution in [0.1, 0.15) is 50.4 Å². The lowest BCUT2D eigenvalue weighted by atomic mass is 9.92. The molecule has 1 unspecified atom stereocenters. The summed E-state index contributed by atoms with van der Waals surface area (Å²) in [6, 6.07) is 6.14. The van der Waals surface area contributed by atoms with Crippen LogP contribution in [0.25, 0.3) is 0 Å². The number of hydrogen-bond donors (Lipinski definition) is 3. The van der Waals surface area contributed by atoms with Crippen molar-refractivity contribution in [1.82, 2.24) is 15.0 Å². The zero-order valence-corrected chi connectivity index (χ0v) is 21.3. The number of nitrogens with zero attached hydrogens (tertiary/aromatic N) is 1. The number of rotatable bonds is 9. The molecule has 3 rings (SSSR count). The fourth-order valence-corrected chi connectivity index (χ4v) is 4.29. The van der Waals surface area contributed by atoms with Gasteiger partial charge in [0.05, 0.1) is 19.0 Å². The lowest BCUT2D eigenvalue weighted by Crippen LogP contribution is -2.45. The number of carbonyl (C=O) groups excluding carboxylic acids is 2. The van der Waals surface area contributed by atoms with Crippen molar-refractivity contribution in [1.29, 1.82) is 0 Å². The normalized spacial score (nSPS) is 15.3. The Morgan fingerprint density at radius 2 is 1.91 bits per heavy atom. The van der Waals surface area contributed by atoms with Crippen molar-refractivity contribution in [2.75, 3.05) is 25.6 Å². The van der Waals surface area contributed by atoms with Crippen molar-refractivity contribution in [3.05, 3.63) is 47.9 Å². The molecule has 0 spiro atoms. The number of benzene rings is 1. The van der Waals surface area contributed by atoms with Crippen molar-refractivity contribution in [2.45, 2.75) is 56.6 Å². The van der Waals surface area contributed by atoms with Gasteiger partial charge in [0.2, 0.25) is 5.91 Å². The molecular weight excluding hydrogens is 471 g/mol. The number of methoxy groups -OCH3 is 1. The van der Waals surface area contributed by atoms with Gasteiger partial charge in [0.15, 0.2) is 10.8 Å². The molecule has 0 bridgehead atoms. The third-order valence-electron chi connectivity index (χ3n) is 5.40. The van der Waals surface area contributed by atoms with Crippen molar-refractivity contribution in [2.24, 2.45) is 5.92 Å². The van der Waals surface area contributed by atoms with Crippen LogP contribution in [0.15, 0.2) is 41.6 Å². The smallest absolute Gasteiger partial charge is 0.251 e. The fraction of sp³-hybridized carbons (Fsp3) is 0.480. The molecule has 0 aliphatic carbocycles. The maximum absolute atomic E-state index is 13.3. The third kappa shape index (κ3) is 8.48. The molecule has 8 nitrogen and oxygen atoms in total. The summed E-state index contributed by atoms with van der Waals surface area (Å²) in [7, 11) is 1.54. The molecule has 1 aliphatic heterocycles. The van der Waals surface area contributed by atoms with E-state index in [1.54, 1.807) is 19.4 Å².